The molecule has 0 saturated heterocycles. The van der Waals surface area contributed by atoms with Crippen molar-refractivity contribution in [2.24, 2.45) is 4.99 Å². The molecule has 6 nitrogen and oxygen atoms in total. The lowest BCUT2D eigenvalue weighted by atomic mass is 10.2. The van der Waals surface area contributed by atoms with Gasteiger partial charge in [-0.2, -0.15) is 0 Å². The molecule has 1 heterocycles. The van der Waals surface area contributed by atoms with Crippen LogP contribution in [0, 0.1) is 0 Å². The van der Waals surface area contributed by atoms with E-state index in [2.05, 4.69) is 9.98 Å². The van der Waals surface area contributed by atoms with E-state index in [0.29, 0.717) is 22.2 Å². The van der Waals surface area contributed by atoms with Crippen molar-refractivity contribution in [3.63, 3.8) is 0 Å². The zero-order chi connectivity index (χ0) is 18.1. The van der Waals surface area contributed by atoms with Crippen molar-refractivity contribution < 1.29 is 19.7 Å². The number of aromatic nitrogens is 1. The number of aromatic hydroxyl groups is 3. The van der Waals surface area contributed by atoms with Gasteiger partial charge in [0.15, 0.2) is 5.58 Å². The molecule has 4 aromatic rings. The number of phenols is 3. The highest BCUT2D eigenvalue weighted by Crippen LogP contribution is 2.36. The molecule has 6 heteroatoms. The summed E-state index contributed by atoms with van der Waals surface area (Å²) in [7, 11) is 0. The fourth-order valence-electron chi connectivity index (χ4n) is 2.56. The van der Waals surface area contributed by atoms with Crippen LogP contribution in [0.5, 0.6) is 17.2 Å². The number of nitrogens with zero attached hydrogens (tertiary/aromatic N) is 2. The molecule has 3 aromatic carbocycles. The van der Waals surface area contributed by atoms with Crippen LogP contribution < -0.4 is 0 Å². The lowest BCUT2D eigenvalue weighted by Crippen LogP contribution is -1.81. The standard InChI is InChI=1S/C20H14N2O4/c23-16-7-3-1-5-12(16)11-21-14-9-15-19(10-18(14)25)26-20(22-15)13-6-2-4-8-17(13)24/h1-11,23-25H. The Bertz CT molecular complexity index is 1130. The molecule has 0 unspecified atom stereocenters. The first-order valence-corrected chi connectivity index (χ1v) is 7.86. The highest BCUT2D eigenvalue weighted by Gasteiger charge is 2.14. The Balaban J connectivity index is 1.75. The Morgan fingerprint density at radius 3 is 2.35 bits per heavy atom. The first kappa shape index (κ1) is 15.7. The molecular weight excluding hydrogens is 332 g/mol. The van der Waals surface area contributed by atoms with Gasteiger partial charge in [0, 0.05) is 17.8 Å². The Morgan fingerprint density at radius 1 is 0.846 bits per heavy atom. The second kappa shape index (κ2) is 6.25. The predicted molar refractivity (Wildman–Crippen MR) is 98.1 cm³/mol. The minimum absolute atomic E-state index is 0.0566. The molecule has 1 aromatic heterocycles. The molecule has 4 rings (SSSR count). The third-order valence-corrected chi connectivity index (χ3v) is 3.90. The van der Waals surface area contributed by atoms with E-state index in [1.165, 1.54) is 12.3 Å². The third kappa shape index (κ3) is 2.84. The highest BCUT2D eigenvalue weighted by molar-refractivity contribution is 5.88. The van der Waals surface area contributed by atoms with Crippen molar-refractivity contribution in [3.05, 3.63) is 66.2 Å². The number of hydrogen-bond acceptors (Lipinski definition) is 6. The van der Waals surface area contributed by atoms with E-state index in [-0.39, 0.29) is 28.8 Å². The monoisotopic (exact) mass is 346 g/mol. The molecular formula is C20H14N2O4. The van der Waals surface area contributed by atoms with Gasteiger partial charge in [-0.05, 0) is 30.3 Å². The van der Waals surface area contributed by atoms with Crippen molar-refractivity contribution in [1.82, 2.24) is 4.98 Å². The fourth-order valence-corrected chi connectivity index (χ4v) is 2.56. The summed E-state index contributed by atoms with van der Waals surface area (Å²) >= 11 is 0. The molecule has 0 aliphatic heterocycles. The number of hydrogen-bond donors (Lipinski definition) is 3. The van der Waals surface area contributed by atoms with Crippen molar-refractivity contribution >= 4 is 23.0 Å². The van der Waals surface area contributed by atoms with Crippen molar-refractivity contribution in [2.75, 3.05) is 0 Å². The number of rotatable bonds is 3. The zero-order valence-corrected chi connectivity index (χ0v) is 13.5. The molecule has 26 heavy (non-hydrogen) atoms. The number of oxazole rings is 1. The lowest BCUT2D eigenvalue weighted by Gasteiger charge is -1.99. The van der Waals surface area contributed by atoms with Crippen LogP contribution in [-0.2, 0) is 0 Å². The smallest absolute Gasteiger partial charge is 0.231 e. The predicted octanol–water partition coefficient (Wildman–Crippen LogP) is 4.36. The fraction of sp³-hybridized carbons (Fsp3) is 0. The highest BCUT2D eigenvalue weighted by atomic mass is 16.4. The number of fused-ring (bicyclic) bond motifs is 1. The summed E-state index contributed by atoms with van der Waals surface area (Å²) in [6, 6.07) is 16.5. The van der Waals surface area contributed by atoms with Crippen molar-refractivity contribution in [2.45, 2.75) is 0 Å². The second-order valence-corrected chi connectivity index (χ2v) is 5.66. The zero-order valence-electron chi connectivity index (χ0n) is 13.5. The second-order valence-electron chi connectivity index (χ2n) is 5.66. The summed E-state index contributed by atoms with van der Waals surface area (Å²) in [4.78, 5) is 8.58. The van der Waals surface area contributed by atoms with Crippen LogP contribution in [0.25, 0.3) is 22.6 Å². The van der Waals surface area contributed by atoms with Gasteiger partial charge in [0.05, 0.1) is 5.56 Å². The van der Waals surface area contributed by atoms with E-state index in [0.717, 1.165) is 0 Å². The number of aliphatic imine (C=N–C) groups is 1. The molecule has 0 amide bonds. The molecule has 0 atom stereocenters. The maximum Gasteiger partial charge on any atom is 0.231 e. The van der Waals surface area contributed by atoms with Crippen LogP contribution >= 0.6 is 0 Å². The summed E-state index contributed by atoms with van der Waals surface area (Å²) in [6.45, 7) is 0. The van der Waals surface area contributed by atoms with Crippen LogP contribution in [0.15, 0.2) is 70.1 Å². The summed E-state index contributed by atoms with van der Waals surface area (Å²) < 4.78 is 5.63. The minimum Gasteiger partial charge on any atom is -0.507 e. The topological polar surface area (TPSA) is 99.1 Å². The van der Waals surface area contributed by atoms with E-state index in [1.807, 2.05) is 0 Å². The van der Waals surface area contributed by atoms with Crippen LogP contribution in [0.3, 0.4) is 0 Å². The number of para-hydroxylation sites is 2. The first-order chi connectivity index (χ1) is 12.6. The van der Waals surface area contributed by atoms with E-state index in [9.17, 15) is 15.3 Å². The van der Waals surface area contributed by atoms with Gasteiger partial charge in [-0.15, -0.1) is 0 Å². The van der Waals surface area contributed by atoms with Gasteiger partial charge < -0.3 is 19.7 Å². The van der Waals surface area contributed by atoms with Gasteiger partial charge in [-0.1, -0.05) is 24.3 Å². The number of phenolic OH excluding ortho intramolecular Hbond substituents is 3. The quantitative estimate of drug-likeness (QED) is 0.479. The average molecular weight is 346 g/mol. The Morgan fingerprint density at radius 2 is 1.58 bits per heavy atom. The van der Waals surface area contributed by atoms with Gasteiger partial charge in [0.2, 0.25) is 5.89 Å². The first-order valence-electron chi connectivity index (χ1n) is 7.86. The van der Waals surface area contributed by atoms with E-state index in [4.69, 9.17) is 4.42 Å². The van der Waals surface area contributed by atoms with Crippen molar-refractivity contribution in [1.29, 1.82) is 0 Å². The third-order valence-electron chi connectivity index (χ3n) is 3.90. The molecule has 0 aliphatic carbocycles. The Labute approximate surface area is 148 Å². The van der Waals surface area contributed by atoms with Crippen LogP contribution in [0.1, 0.15) is 5.56 Å². The Hall–Kier alpha value is -3.80. The van der Waals surface area contributed by atoms with Gasteiger partial charge in [-0.3, -0.25) is 4.99 Å². The van der Waals surface area contributed by atoms with Crippen molar-refractivity contribution in [3.8, 4) is 28.7 Å². The summed E-state index contributed by atoms with van der Waals surface area (Å²) in [5, 5.41) is 29.9. The molecule has 0 radical (unpaired) electrons. The molecule has 0 fully saturated rings. The molecule has 128 valence electrons. The maximum atomic E-state index is 10.2. The Kier molecular flexibility index (Phi) is 3.78. The van der Waals surface area contributed by atoms with Gasteiger partial charge in [0.25, 0.3) is 0 Å². The van der Waals surface area contributed by atoms with Crippen LogP contribution in [-0.4, -0.2) is 26.5 Å². The molecule has 3 N–H and O–H groups in total. The SMILES string of the molecule is Oc1ccccc1C=Nc1cc2nc(-c3ccccc3O)oc2cc1O. The van der Waals surface area contributed by atoms with Crippen LogP contribution in [0.4, 0.5) is 5.69 Å². The number of benzene rings is 3. The molecule has 0 bridgehead atoms. The van der Waals surface area contributed by atoms with Crippen LogP contribution in [0.2, 0.25) is 0 Å². The largest absolute Gasteiger partial charge is 0.507 e. The average Bonchev–Trinajstić information content (AvgIpc) is 3.03. The maximum absolute atomic E-state index is 10.2. The normalized spacial score (nSPS) is 11.4. The summed E-state index contributed by atoms with van der Waals surface area (Å²) in [6.07, 6.45) is 1.46. The molecule has 0 saturated carbocycles. The van der Waals surface area contributed by atoms with E-state index >= 15 is 0 Å². The lowest BCUT2D eigenvalue weighted by molar-refractivity contribution is 0.472. The van der Waals surface area contributed by atoms with E-state index in [1.54, 1.807) is 54.6 Å². The summed E-state index contributed by atoms with van der Waals surface area (Å²) in [5.74, 6) is 0.324. The molecule has 0 aliphatic rings. The van der Waals surface area contributed by atoms with E-state index < -0.39 is 0 Å². The minimum atomic E-state index is -0.0795. The van der Waals surface area contributed by atoms with Gasteiger partial charge in [-0.25, -0.2) is 4.98 Å². The van der Waals surface area contributed by atoms with Gasteiger partial charge >= 0.3 is 0 Å². The van der Waals surface area contributed by atoms with Gasteiger partial charge in [0.1, 0.15) is 28.5 Å². The summed E-state index contributed by atoms with van der Waals surface area (Å²) in [5.41, 5.74) is 2.15. The molecule has 0 spiro atoms.